The van der Waals surface area contributed by atoms with Gasteiger partial charge in [0.15, 0.2) is 0 Å². The maximum atomic E-state index is 6.02. The van der Waals surface area contributed by atoms with E-state index in [9.17, 15) is 0 Å². The molecule has 0 saturated carbocycles. The third-order valence-corrected chi connectivity index (χ3v) is 3.42. The SMILES string of the molecule is COc1cc(-c2[nH]c(C)nc(=S)c2C)ccc1Cl. The van der Waals surface area contributed by atoms with Crippen LogP contribution in [0.25, 0.3) is 11.3 Å². The summed E-state index contributed by atoms with van der Waals surface area (Å²) in [6, 6.07) is 5.62. The van der Waals surface area contributed by atoms with Crippen molar-refractivity contribution < 1.29 is 4.74 Å². The molecule has 5 heteroatoms. The van der Waals surface area contributed by atoms with Crippen molar-refractivity contribution in [3.8, 4) is 17.0 Å². The molecule has 3 nitrogen and oxygen atoms in total. The number of aryl methyl sites for hydroxylation is 1. The van der Waals surface area contributed by atoms with Gasteiger partial charge in [0.1, 0.15) is 16.2 Å². The maximum Gasteiger partial charge on any atom is 0.138 e. The van der Waals surface area contributed by atoms with Gasteiger partial charge < -0.3 is 9.72 Å². The van der Waals surface area contributed by atoms with E-state index in [0.717, 1.165) is 22.6 Å². The first-order valence-corrected chi connectivity index (χ1v) is 6.23. The lowest BCUT2D eigenvalue weighted by atomic mass is 10.1. The quantitative estimate of drug-likeness (QED) is 0.842. The molecule has 1 N–H and O–H groups in total. The smallest absolute Gasteiger partial charge is 0.138 e. The Morgan fingerprint density at radius 2 is 2.06 bits per heavy atom. The van der Waals surface area contributed by atoms with Gasteiger partial charge in [0, 0.05) is 11.1 Å². The Hall–Kier alpha value is -1.39. The number of hydrogen-bond acceptors (Lipinski definition) is 3. The Morgan fingerprint density at radius 3 is 2.72 bits per heavy atom. The summed E-state index contributed by atoms with van der Waals surface area (Å²) in [6.45, 7) is 3.83. The van der Waals surface area contributed by atoms with Gasteiger partial charge in [0.25, 0.3) is 0 Å². The van der Waals surface area contributed by atoms with Crippen LogP contribution >= 0.6 is 23.8 Å². The number of nitrogens with zero attached hydrogens (tertiary/aromatic N) is 1. The van der Waals surface area contributed by atoms with E-state index in [-0.39, 0.29) is 0 Å². The predicted octanol–water partition coefficient (Wildman–Crippen LogP) is 4.09. The van der Waals surface area contributed by atoms with Gasteiger partial charge in [-0.2, -0.15) is 0 Å². The normalized spacial score (nSPS) is 10.4. The van der Waals surface area contributed by atoms with Crippen LogP contribution in [0.1, 0.15) is 11.4 Å². The molecule has 0 spiro atoms. The fourth-order valence-corrected chi connectivity index (χ4v) is 2.18. The molecule has 0 radical (unpaired) electrons. The average Bonchev–Trinajstić information content (AvgIpc) is 2.34. The molecule has 0 aliphatic rings. The van der Waals surface area contributed by atoms with E-state index < -0.39 is 0 Å². The number of ether oxygens (including phenoxy) is 1. The molecule has 1 heterocycles. The second kappa shape index (κ2) is 5.08. The molecular weight excluding hydrogens is 268 g/mol. The highest BCUT2D eigenvalue weighted by Gasteiger charge is 2.08. The number of rotatable bonds is 2. The van der Waals surface area contributed by atoms with E-state index >= 15 is 0 Å². The van der Waals surface area contributed by atoms with E-state index in [0.29, 0.717) is 15.4 Å². The molecule has 0 fully saturated rings. The summed E-state index contributed by atoms with van der Waals surface area (Å²) in [5.74, 6) is 1.43. The molecule has 0 aliphatic carbocycles. The Labute approximate surface area is 116 Å². The van der Waals surface area contributed by atoms with Gasteiger partial charge in [-0.25, -0.2) is 4.98 Å². The summed E-state index contributed by atoms with van der Waals surface area (Å²) in [7, 11) is 1.60. The minimum absolute atomic E-state index is 0.586. The molecule has 1 aromatic heterocycles. The maximum absolute atomic E-state index is 6.02. The number of aromatic nitrogens is 2. The molecule has 2 aromatic rings. The van der Waals surface area contributed by atoms with Gasteiger partial charge in [-0.05, 0) is 26.0 Å². The lowest BCUT2D eigenvalue weighted by Crippen LogP contribution is -1.96. The van der Waals surface area contributed by atoms with Crippen LogP contribution in [0.15, 0.2) is 18.2 Å². The number of H-pyrrole nitrogens is 1. The third kappa shape index (κ3) is 2.40. The summed E-state index contributed by atoms with van der Waals surface area (Å²) in [6.07, 6.45) is 0. The van der Waals surface area contributed by atoms with Crippen molar-refractivity contribution in [2.45, 2.75) is 13.8 Å². The number of methoxy groups -OCH3 is 1. The van der Waals surface area contributed by atoms with Crippen molar-refractivity contribution in [2.24, 2.45) is 0 Å². The van der Waals surface area contributed by atoms with Crippen LogP contribution in [-0.2, 0) is 0 Å². The lowest BCUT2D eigenvalue weighted by molar-refractivity contribution is 0.415. The van der Waals surface area contributed by atoms with E-state index in [4.69, 9.17) is 28.6 Å². The standard InChI is InChI=1S/C13H13ClN2OS/c1-7-12(15-8(2)16-13(7)18)9-4-5-10(14)11(6-9)17-3/h4-6H,1-3H3,(H,15,16,18). The van der Waals surface area contributed by atoms with Crippen LogP contribution in [0.3, 0.4) is 0 Å². The van der Waals surface area contributed by atoms with Gasteiger partial charge in [-0.3, -0.25) is 0 Å². The van der Waals surface area contributed by atoms with E-state index in [1.54, 1.807) is 7.11 Å². The monoisotopic (exact) mass is 280 g/mol. The molecule has 2 rings (SSSR count). The van der Waals surface area contributed by atoms with Crippen molar-refractivity contribution in [3.05, 3.63) is 39.3 Å². The predicted molar refractivity (Wildman–Crippen MR) is 75.9 cm³/mol. The van der Waals surface area contributed by atoms with Gasteiger partial charge >= 0.3 is 0 Å². The summed E-state index contributed by atoms with van der Waals surface area (Å²) in [5, 5.41) is 0.586. The minimum Gasteiger partial charge on any atom is -0.495 e. The van der Waals surface area contributed by atoms with Crippen molar-refractivity contribution in [2.75, 3.05) is 7.11 Å². The number of halogens is 1. The van der Waals surface area contributed by atoms with Crippen LogP contribution in [-0.4, -0.2) is 17.1 Å². The van der Waals surface area contributed by atoms with Crippen LogP contribution in [0.4, 0.5) is 0 Å². The fourth-order valence-electron chi connectivity index (χ4n) is 1.75. The molecule has 0 atom stereocenters. The minimum atomic E-state index is 0.586. The Bertz CT molecular complexity index is 652. The molecule has 0 bridgehead atoms. The molecular formula is C13H13ClN2OS. The molecule has 0 aliphatic heterocycles. The van der Waals surface area contributed by atoms with Crippen molar-refractivity contribution in [3.63, 3.8) is 0 Å². The van der Waals surface area contributed by atoms with Gasteiger partial charge in [-0.1, -0.05) is 29.9 Å². The highest BCUT2D eigenvalue weighted by molar-refractivity contribution is 7.71. The van der Waals surface area contributed by atoms with Gasteiger partial charge in [0.05, 0.1) is 17.8 Å². The largest absolute Gasteiger partial charge is 0.495 e. The third-order valence-electron chi connectivity index (χ3n) is 2.71. The molecule has 0 unspecified atom stereocenters. The molecule has 1 aromatic carbocycles. The second-order valence-electron chi connectivity index (χ2n) is 3.98. The van der Waals surface area contributed by atoms with Crippen LogP contribution in [0, 0.1) is 18.5 Å². The second-order valence-corrected chi connectivity index (χ2v) is 4.77. The van der Waals surface area contributed by atoms with Crippen LogP contribution < -0.4 is 4.74 Å². The zero-order chi connectivity index (χ0) is 13.3. The summed E-state index contributed by atoms with van der Waals surface area (Å²) < 4.78 is 5.83. The highest BCUT2D eigenvalue weighted by Crippen LogP contribution is 2.30. The van der Waals surface area contributed by atoms with Crippen LogP contribution in [0.5, 0.6) is 5.75 Å². The molecule has 0 saturated heterocycles. The summed E-state index contributed by atoms with van der Waals surface area (Å²) in [4.78, 5) is 7.45. The number of hydrogen-bond donors (Lipinski definition) is 1. The molecule has 18 heavy (non-hydrogen) atoms. The Morgan fingerprint density at radius 1 is 1.33 bits per heavy atom. The van der Waals surface area contributed by atoms with E-state index in [1.807, 2.05) is 32.0 Å². The fraction of sp³-hybridized carbons (Fsp3) is 0.231. The highest BCUT2D eigenvalue weighted by atomic mass is 35.5. The lowest BCUT2D eigenvalue weighted by Gasteiger charge is -2.10. The topological polar surface area (TPSA) is 37.9 Å². The first-order chi connectivity index (χ1) is 8.52. The van der Waals surface area contributed by atoms with Crippen molar-refractivity contribution in [1.29, 1.82) is 0 Å². The summed E-state index contributed by atoms with van der Waals surface area (Å²) in [5.41, 5.74) is 2.87. The van der Waals surface area contributed by atoms with E-state index in [1.165, 1.54) is 0 Å². The van der Waals surface area contributed by atoms with Crippen molar-refractivity contribution >= 4 is 23.8 Å². The number of benzene rings is 1. The number of nitrogens with one attached hydrogen (secondary N) is 1. The summed E-state index contributed by atoms with van der Waals surface area (Å²) >= 11 is 11.2. The van der Waals surface area contributed by atoms with Gasteiger partial charge in [0.2, 0.25) is 0 Å². The zero-order valence-electron chi connectivity index (χ0n) is 10.4. The Balaban J connectivity index is 2.65. The molecule has 0 amide bonds. The number of aromatic amines is 1. The molecule has 94 valence electrons. The average molecular weight is 281 g/mol. The zero-order valence-corrected chi connectivity index (χ0v) is 11.9. The van der Waals surface area contributed by atoms with Gasteiger partial charge in [-0.15, -0.1) is 0 Å². The van der Waals surface area contributed by atoms with Crippen molar-refractivity contribution in [1.82, 2.24) is 9.97 Å². The first-order valence-electron chi connectivity index (χ1n) is 5.44. The Kier molecular flexibility index (Phi) is 3.68. The van der Waals surface area contributed by atoms with E-state index in [2.05, 4.69) is 9.97 Å². The first kappa shape index (κ1) is 13.1. The van der Waals surface area contributed by atoms with Crippen LogP contribution in [0.2, 0.25) is 5.02 Å².